The molecule has 2 atom stereocenters. The summed E-state index contributed by atoms with van der Waals surface area (Å²) in [5.41, 5.74) is -0.126. The quantitative estimate of drug-likeness (QED) is 0.440. The number of nitrogens with zero attached hydrogens (tertiary/aromatic N) is 1. The van der Waals surface area contributed by atoms with E-state index >= 15 is 0 Å². The van der Waals surface area contributed by atoms with E-state index in [1.54, 1.807) is 6.21 Å². The van der Waals surface area contributed by atoms with E-state index in [0.717, 1.165) is 5.57 Å². The van der Waals surface area contributed by atoms with Crippen molar-refractivity contribution in [3.05, 3.63) is 51.4 Å². The van der Waals surface area contributed by atoms with E-state index in [1.807, 2.05) is 0 Å². The Morgan fingerprint density at radius 2 is 2.12 bits per heavy atom. The molecule has 1 aromatic heterocycles. The molecule has 174 valence electrons. The molecule has 0 bridgehead atoms. The first-order chi connectivity index (χ1) is 15.7. The number of esters is 1. The first kappa shape index (κ1) is 24.5. The summed E-state index contributed by atoms with van der Waals surface area (Å²) in [6, 6.07) is 4.27. The molecule has 0 aliphatic carbocycles. The number of carbonyl (C=O) groups excluding carboxylic acids is 3. The Bertz CT molecular complexity index is 1210. The van der Waals surface area contributed by atoms with E-state index in [2.05, 4.69) is 16.9 Å². The first-order valence-electron chi connectivity index (χ1n) is 9.79. The van der Waals surface area contributed by atoms with Crippen molar-refractivity contribution in [2.75, 3.05) is 19.4 Å². The number of hydrogen-bond acceptors (Lipinski definition) is 9. The van der Waals surface area contributed by atoms with Gasteiger partial charge < -0.3 is 19.2 Å². The largest absolute Gasteiger partial charge is 0.495 e. The van der Waals surface area contributed by atoms with Gasteiger partial charge in [-0.15, -0.1) is 11.8 Å². The number of methoxy groups -OCH3 is 1. The van der Waals surface area contributed by atoms with Gasteiger partial charge >= 0.3 is 11.6 Å². The molecule has 2 unspecified atom stereocenters. The average molecular weight is 493 g/mol. The third-order valence-electron chi connectivity index (χ3n) is 4.61. The van der Waals surface area contributed by atoms with E-state index in [9.17, 15) is 19.2 Å². The molecule has 1 aromatic carbocycles. The maximum atomic E-state index is 12.5. The Morgan fingerprint density at radius 1 is 1.36 bits per heavy atom. The third kappa shape index (κ3) is 6.23. The van der Waals surface area contributed by atoms with Gasteiger partial charge in [0.05, 0.1) is 18.7 Å². The summed E-state index contributed by atoms with van der Waals surface area (Å²) < 4.78 is 15.5. The molecular formula is C22H21ClN2O7S. The van der Waals surface area contributed by atoms with Crippen molar-refractivity contribution in [2.45, 2.75) is 24.8 Å². The van der Waals surface area contributed by atoms with Crippen molar-refractivity contribution in [2.24, 2.45) is 4.99 Å². The molecule has 33 heavy (non-hydrogen) atoms. The zero-order valence-electron chi connectivity index (χ0n) is 17.9. The third-order valence-corrected chi connectivity index (χ3v) is 6.20. The van der Waals surface area contributed by atoms with Crippen LogP contribution in [0, 0.1) is 0 Å². The maximum Gasteiger partial charge on any atom is 0.349 e. The van der Waals surface area contributed by atoms with E-state index < -0.39 is 34.8 Å². The molecule has 1 aliphatic rings. The summed E-state index contributed by atoms with van der Waals surface area (Å²) >= 11 is 7.50. The van der Waals surface area contributed by atoms with E-state index in [4.69, 9.17) is 25.5 Å². The summed E-state index contributed by atoms with van der Waals surface area (Å²) in [6.45, 7) is 4.68. The summed E-state index contributed by atoms with van der Waals surface area (Å²) in [5.74, 6) is -0.794. The van der Waals surface area contributed by atoms with Crippen LogP contribution in [0.25, 0.3) is 11.0 Å². The van der Waals surface area contributed by atoms with Crippen molar-refractivity contribution in [1.82, 2.24) is 5.32 Å². The second-order valence-electron chi connectivity index (χ2n) is 7.18. The minimum Gasteiger partial charge on any atom is -0.495 e. The fraction of sp³-hybridized carbons (Fsp3) is 0.318. The van der Waals surface area contributed by atoms with Crippen LogP contribution in [0.15, 0.2) is 44.6 Å². The number of benzene rings is 1. The second-order valence-corrected chi connectivity index (χ2v) is 8.70. The number of halogens is 1. The van der Waals surface area contributed by atoms with Crippen molar-refractivity contribution < 1.29 is 28.3 Å². The maximum absolute atomic E-state index is 12.5. The van der Waals surface area contributed by atoms with Crippen molar-refractivity contribution in [3.63, 3.8) is 0 Å². The van der Waals surface area contributed by atoms with Gasteiger partial charge in [0, 0.05) is 36.8 Å². The molecule has 9 nitrogen and oxygen atoms in total. The van der Waals surface area contributed by atoms with Gasteiger partial charge in [0.1, 0.15) is 28.4 Å². The Kier molecular flexibility index (Phi) is 7.93. The minimum absolute atomic E-state index is 0.150. The molecule has 1 N–H and O–H groups in total. The number of Topliss-reactive ketones (excluding diaryl/α,β-unsaturated/α-hetero) is 1. The number of nitrogens with one attached hydrogen (secondary N) is 1. The number of thioether (sulfide) groups is 1. The van der Waals surface area contributed by atoms with Crippen molar-refractivity contribution in [3.8, 4) is 5.75 Å². The number of fused-ring (bicyclic) bond motifs is 1. The standard InChI is InChI=1S/C22H21ClN2O7S/c1-11-8-25-21(33-10-11)19(31-12(2)26)6-14(27)9-24-20(28)15-4-13-5-16(23)18(30-3)7-17(13)32-22(15)29/h4-5,7-8,19,21H,1,6,9-10H2,2-3H3,(H,24,28). The fourth-order valence-electron chi connectivity index (χ4n) is 3.07. The normalized spacial score (nSPS) is 16.3. The van der Waals surface area contributed by atoms with Gasteiger partial charge in [0.2, 0.25) is 0 Å². The Labute approximate surface area is 198 Å². The van der Waals surface area contributed by atoms with Crippen LogP contribution < -0.4 is 15.7 Å². The van der Waals surface area contributed by atoms with Gasteiger partial charge in [0.25, 0.3) is 5.91 Å². The highest BCUT2D eigenvalue weighted by molar-refractivity contribution is 8.00. The van der Waals surface area contributed by atoms with Crippen LogP contribution in [-0.2, 0) is 14.3 Å². The molecule has 3 rings (SSSR count). The Balaban J connectivity index is 1.68. The molecule has 2 aromatic rings. The zero-order valence-corrected chi connectivity index (χ0v) is 19.5. The van der Waals surface area contributed by atoms with Crippen LogP contribution in [-0.4, -0.2) is 54.8 Å². The van der Waals surface area contributed by atoms with Gasteiger partial charge in [-0.05, 0) is 17.7 Å². The van der Waals surface area contributed by atoms with Gasteiger partial charge in [-0.2, -0.15) is 0 Å². The average Bonchev–Trinajstić information content (AvgIpc) is 2.76. The minimum atomic E-state index is -0.872. The lowest BCUT2D eigenvalue weighted by atomic mass is 10.1. The molecule has 1 aliphatic heterocycles. The Morgan fingerprint density at radius 3 is 2.76 bits per heavy atom. The van der Waals surface area contributed by atoms with Crippen LogP contribution >= 0.6 is 23.4 Å². The van der Waals surface area contributed by atoms with Gasteiger partial charge in [-0.3, -0.25) is 19.4 Å². The number of carbonyl (C=O) groups is 3. The predicted octanol–water partition coefficient (Wildman–Crippen LogP) is 2.78. The molecule has 11 heteroatoms. The second kappa shape index (κ2) is 10.7. The molecule has 1 amide bonds. The smallest absolute Gasteiger partial charge is 0.349 e. The first-order valence-corrected chi connectivity index (χ1v) is 11.2. The van der Waals surface area contributed by atoms with E-state index in [1.165, 1.54) is 44.0 Å². The lowest BCUT2D eigenvalue weighted by Crippen LogP contribution is -2.37. The molecule has 0 saturated heterocycles. The molecular weight excluding hydrogens is 472 g/mol. The van der Waals surface area contributed by atoms with Crippen LogP contribution in [0.2, 0.25) is 5.02 Å². The number of rotatable bonds is 8. The number of ether oxygens (including phenoxy) is 2. The van der Waals surface area contributed by atoms with Crippen LogP contribution in [0.3, 0.4) is 0 Å². The number of ketones is 1. The molecule has 0 saturated carbocycles. The summed E-state index contributed by atoms with van der Waals surface area (Å²) in [5, 5.41) is 2.65. The Hall–Kier alpha value is -3.11. The zero-order chi connectivity index (χ0) is 24.1. The number of hydrogen-bond donors (Lipinski definition) is 1. The van der Waals surface area contributed by atoms with Crippen molar-refractivity contribution in [1.29, 1.82) is 0 Å². The molecule has 0 fully saturated rings. The van der Waals surface area contributed by atoms with Gasteiger partial charge in [0.15, 0.2) is 5.78 Å². The molecule has 2 heterocycles. The van der Waals surface area contributed by atoms with Gasteiger partial charge in [-0.1, -0.05) is 18.2 Å². The molecule has 0 spiro atoms. The van der Waals surface area contributed by atoms with Crippen LogP contribution in [0.5, 0.6) is 5.75 Å². The number of amides is 1. The van der Waals surface area contributed by atoms with Crippen LogP contribution in [0.4, 0.5) is 0 Å². The van der Waals surface area contributed by atoms with Crippen molar-refractivity contribution >= 4 is 58.2 Å². The van der Waals surface area contributed by atoms with E-state index in [-0.39, 0.29) is 29.1 Å². The highest BCUT2D eigenvalue weighted by atomic mass is 35.5. The topological polar surface area (TPSA) is 124 Å². The van der Waals surface area contributed by atoms with Crippen LogP contribution in [0.1, 0.15) is 23.7 Å². The summed E-state index contributed by atoms with van der Waals surface area (Å²) in [4.78, 5) is 53.0. The highest BCUT2D eigenvalue weighted by Gasteiger charge is 2.28. The lowest BCUT2D eigenvalue weighted by molar-refractivity contribution is -0.147. The summed E-state index contributed by atoms with van der Waals surface area (Å²) in [7, 11) is 1.42. The summed E-state index contributed by atoms with van der Waals surface area (Å²) in [6.07, 6.45) is 0.650. The monoisotopic (exact) mass is 492 g/mol. The van der Waals surface area contributed by atoms with Gasteiger partial charge in [-0.25, -0.2) is 4.79 Å². The van der Waals surface area contributed by atoms with E-state index in [0.29, 0.717) is 16.9 Å². The molecule has 0 radical (unpaired) electrons. The lowest BCUT2D eigenvalue weighted by Gasteiger charge is -2.25. The highest BCUT2D eigenvalue weighted by Crippen LogP contribution is 2.29. The number of aliphatic imine (C=N–C) groups is 1. The fourth-order valence-corrected chi connectivity index (χ4v) is 4.30. The SMILES string of the molecule is C=C1C=NC(C(CC(=O)CNC(=O)c2cc3cc(Cl)c(OC)cc3oc2=O)OC(C)=O)SC1. The predicted molar refractivity (Wildman–Crippen MR) is 125 cm³/mol.